The lowest BCUT2D eigenvalue weighted by atomic mass is 10.1. The van der Waals surface area contributed by atoms with Gasteiger partial charge in [0.15, 0.2) is 0 Å². The topological polar surface area (TPSA) is 35.5 Å². The number of esters is 1. The molecule has 0 N–H and O–H groups in total. The number of benzene rings is 1. The van der Waals surface area contributed by atoms with Gasteiger partial charge in [-0.15, -0.1) is 0 Å². The molecule has 0 radical (unpaired) electrons. The second-order valence-corrected chi connectivity index (χ2v) is 4.27. The van der Waals surface area contributed by atoms with Gasteiger partial charge in [-0.25, -0.2) is 0 Å². The van der Waals surface area contributed by atoms with Crippen molar-refractivity contribution in [1.29, 1.82) is 0 Å². The van der Waals surface area contributed by atoms with Gasteiger partial charge in [0.1, 0.15) is 5.75 Å². The Kier molecular flexibility index (Phi) is 6.04. The van der Waals surface area contributed by atoms with Crippen molar-refractivity contribution in [2.24, 2.45) is 0 Å². The Labute approximate surface area is 112 Å². The molecule has 0 heterocycles. The third kappa shape index (κ3) is 4.60. The summed E-state index contributed by atoms with van der Waals surface area (Å²) in [5, 5.41) is 0. The van der Waals surface area contributed by atoms with Crippen molar-refractivity contribution in [3.63, 3.8) is 0 Å². The van der Waals surface area contributed by atoms with Gasteiger partial charge in [0.05, 0.1) is 11.1 Å². The molecule has 0 aromatic heterocycles. The van der Waals surface area contributed by atoms with Gasteiger partial charge in [-0.1, -0.05) is 12.1 Å². The molecule has 0 saturated carbocycles. The smallest absolute Gasteiger partial charge is 0.387 e. The van der Waals surface area contributed by atoms with E-state index in [0.29, 0.717) is 23.1 Å². The second-order valence-electron chi connectivity index (χ2n) is 3.41. The Morgan fingerprint density at radius 3 is 2.78 bits per heavy atom. The zero-order valence-electron chi connectivity index (χ0n) is 9.79. The highest BCUT2D eigenvalue weighted by Crippen LogP contribution is 2.31. The van der Waals surface area contributed by atoms with Crippen molar-refractivity contribution in [1.82, 2.24) is 0 Å². The van der Waals surface area contributed by atoms with Crippen LogP contribution in [0.15, 0.2) is 22.7 Å². The molecule has 1 rings (SSSR count). The summed E-state index contributed by atoms with van der Waals surface area (Å²) in [6, 6.07) is 4.94. The number of halogens is 3. The van der Waals surface area contributed by atoms with Gasteiger partial charge >= 0.3 is 12.6 Å². The fraction of sp³-hybridized carbons (Fsp3) is 0.417. The SMILES string of the molecule is CCOC(=O)CCc1cccc(Br)c1OC(F)F. The Morgan fingerprint density at radius 1 is 1.44 bits per heavy atom. The summed E-state index contributed by atoms with van der Waals surface area (Å²) in [7, 11) is 0. The van der Waals surface area contributed by atoms with E-state index in [1.807, 2.05) is 0 Å². The molecule has 0 aliphatic rings. The average molecular weight is 323 g/mol. The average Bonchev–Trinajstić information content (AvgIpc) is 2.30. The molecule has 0 aliphatic carbocycles. The molecule has 6 heteroatoms. The largest absolute Gasteiger partial charge is 0.466 e. The minimum absolute atomic E-state index is 0.0665. The lowest BCUT2D eigenvalue weighted by Crippen LogP contribution is -2.08. The van der Waals surface area contributed by atoms with Crippen molar-refractivity contribution < 1.29 is 23.0 Å². The Balaban J connectivity index is 2.75. The molecular formula is C12H13BrF2O3. The Morgan fingerprint density at radius 2 is 2.17 bits per heavy atom. The van der Waals surface area contributed by atoms with Crippen LogP contribution in [0.1, 0.15) is 18.9 Å². The number of rotatable bonds is 6. The monoisotopic (exact) mass is 322 g/mol. The van der Waals surface area contributed by atoms with Gasteiger partial charge in [0.25, 0.3) is 0 Å². The van der Waals surface area contributed by atoms with Gasteiger partial charge in [-0.2, -0.15) is 8.78 Å². The van der Waals surface area contributed by atoms with Gasteiger partial charge in [0, 0.05) is 6.42 Å². The van der Waals surface area contributed by atoms with Crippen LogP contribution in [-0.2, 0) is 16.0 Å². The molecule has 0 bridgehead atoms. The van der Waals surface area contributed by atoms with Crippen LogP contribution in [0.25, 0.3) is 0 Å². The van der Waals surface area contributed by atoms with Gasteiger partial charge in [-0.3, -0.25) is 4.79 Å². The quantitative estimate of drug-likeness (QED) is 0.751. The first-order valence-electron chi connectivity index (χ1n) is 5.42. The maximum absolute atomic E-state index is 12.3. The number of hydrogen-bond acceptors (Lipinski definition) is 3. The van der Waals surface area contributed by atoms with Crippen LogP contribution in [0, 0.1) is 0 Å². The minimum Gasteiger partial charge on any atom is -0.466 e. The van der Waals surface area contributed by atoms with E-state index in [9.17, 15) is 13.6 Å². The van der Waals surface area contributed by atoms with Crippen LogP contribution in [0.5, 0.6) is 5.75 Å². The number of alkyl halides is 2. The first-order chi connectivity index (χ1) is 8.54. The van der Waals surface area contributed by atoms with Crippen LogP contribution in [0.3, 0.4) is 0 Å². The van der Waals surface area contributed by atoms with Gasteiger partial charge in [-0.05, 0) is 40.9 Å². The summed E-state index contributed by atoms with van der Waals surface area (Å²) in [5.74, 6) is -0.294. The van der Waals surface area contributed by atoms with Crippen molar-refractivity contribution in [2.45, 2.75) is 26.4 Å². The number of carbonyl (C=O) groups excluding carboxylic acids is 1. The molecule has 100 valence electrons. The first kappa shape index (κ1) is 14.9. The number of para-hydroxylation sites is 1. The molecule has 1 aromatic carbocycles. The summed E-state index contributed by atoms with van der Waals surface area (Å²) in [5.41, 5.74) is 0.540. The zero-order chi connectivity index (χ0) is 13.5. The fourth-order valence-electron chi connectivity index (χ4n) is 1.44. The maximum Gasteiger partial charge on any atom is 0.387 e. The highest BCUT2D eigenvalue weighted by atomic mass is 79.9. The number of carbonyl (C=O) groups is 1. The molecule has 0 unspecified atom stereocenters. The van der Waals surface area contributed by atoms with E-state index >= 15 is 0 Å². The van der Waals surface area contributed by atoms with E-state index in [0.717, 1.165) is 0 Å². The summed E-state index contributed by atoms with van der Waals surface area (Å²) < 4.78 is 34.2. The molecule has 0 saturated heterocycles. The van der Waals surface area contributed by atoms with Crippen LogP contribution in [0.4, 0.5) is 8.78 Å². The molecule has 1 aromatic rings. The molecule has 18 heavy (non-hydrogen) atoms. The minimum atomic E-state index is -2.90. The molecule has 0 spiro atoms. The predicted molar refractivity (Wildman–Crippen MR) is 65.7 cm³/mol. The lowest BCUT2D eigenvalue weighted by Gasteiger charge is -2.12. The predicted octanol–water partition coefficient (Wildman–Crippen LogP) is 3.55. The van der Waals surface area contributed by atoms with Crippen LogP contribution in [-0.4, -0.2) is 19.2 Å². The third-order valence-corrected chi connectivity index (χ3v) is 2.78. The van der Waals surface area contributed by atoms with E-state index in [4.69, 9.17) is 4.74 Å². The molecule has 0 aliphatic heterocycles. The van der Waals surface area contributed by atoms with Crippen LogP contribution < -0.4 is 4.74 Å². The lowest BCUT2D eigenvalue weighted by molar-refractivity contribution is -0.143. The third-order valence-electron chi connectivity index (χ3n) is 2.16. The highest BCUT2D eigenvalue weighted by molar-refractivity contribution is 9.10. The maximum atomic E-state index is 12.3. The van der Waals surface area contributed by atoms with E-state index in [2.05, 4.69) is 20.7 Å². The standard InChI is InChI=1S/C12H13BrF2O3/c1-2-17-10(16)7-6-8-4-3-5-9(13)11(8)18-12(14)15/h3-5,12H,2,6-7H2,1H3. The van der Waals surface area contributed by atoms with Crippen LogP contribution in [0.2, 0.25) is 0 Å². The van der Waals surface area contributed by atoms with Crippen molar-refractivity contribution in [2.75, 3.05) is 6.61 Å². The molecule has 0 atom stereocenters. The molecule has 0 amide bonds. The highest BCUT2D eigenvalue weighted by Gasteiger charge is 2.14. The summed E-state index contributed by atoms with van der Waals surface area (Å²) >= 11 is 3.14. The van der Waals surface area contributed by atoms with E-state index in [1.54, 1.807) is 25.1 Å². The summed E-state index contributed by atoms with van der Waals surface area (Å²) in [4.78, 5) is 11.2. The normalized spacial score (nSPS) is 10.5. The zero-order valence-corrected chi connectivity index (χ0v) is 11.4. The summed E-state index contributed by atoms with van der Waals surface area (Å²) in [6.45, 7) is -0.884. The second kappa shape index (κ2) is 7.31. The van der Waals surface area contributed by atoms with E-state index in [1.165, 1.54) is 0 Å². The number of aryl methyl sites for hydroxylation is 1. The van der Waals surface area contributed by atoms with E-state index in [-0.39, 0.29) is 18.1 Å². The molecule has 3 nitrogen and oxygen atoms in total. The molecular weight excluding hydrogens is 310 g/mol. The fourth-order valence-corrected chi connectivity index (χ4v) is 1.94. The first-order valence-corrected chi connectivity index (χ1v) is 6.21. The van der Waals surface area contributed by atoms with Crippen LogP contribution >= 0.6 is 15.9 Å². The summed E-state index contributed by atoms with van der Waals surface area (Å²) in [6.07, 6.45) is 0.421. The molecule has 0 fully saturated rings. The van der Waals surface area contributed by atoms with Gasteiger partial charge in [0.2, 0.25) is 0 Å². The van der Waals surface area contributed by atoms with Crippen molar-refractivity contribution in [3.8, 4) is 5.75 Å². The van der Waals surface area contributed by atoms with Gasteiger partial charge < -0.3 is 9.47 Å². The van der Waals surface area contributed by atoms with Crippen molar-refractivity contribution >= 4 is 21.9 Å². The Hall–Kier alpha value is -1.17. The Bertz CT molecular complexity index is 410. The number of hydrogen-bond donors (Lipinski definition) is 0. The number of ether oxygens (including phenoxy) is 2. The van der Waals surface area contributed by atoms with E-state index < -0.39 is 6.61 Å². The van der Waals surface area contributed by atoms with Crippen molar-refractivity contribution in [3.05, 3.63) is 28.2 Å².